The lowest BCUT2D eigenvalue weighted by atomic mass is 10.1. The summed E-state index contributed by atoms with van der Waals surface area (Å²) < 4.78 is 1.25. The minimum Gasteiger partial charge on any atom is -0.316 e. The third-order valence-electron chi connectivity index (χ3n) is 3.43. The van der Waals surface area contributed by atoms with E-state index in [0.29, 0.717) is 10.5 Å². The van der Waals surface area contributed by atoms with Gasteiger partial charge in [-0.1, -0.05) is 36.5 Å². The quantitative estimate of drug-likeness (QED) is 0.799. The van der Waals surface area contributed by atoms with E-state index in [0.717, 1.165) is 23.4 Å². The third kappa shape index (κ3) is 3.00. The smallest absolute Gasteiger partial charge is 0.298 e. The summed E-state index contributed by atoms with van der Waals surface area (Å²) in [7, 11) is 0. The molecule has 23 heavy (non-hydrogen) atoms. The predicted octanol–water partition coefficient (Wildman–Crippen LogP) is 2.66. The van der Waals surface area contributed by atoms with E-state index >= 15 is 0 Å². The number of anilines is 1. The zero-order valence-corrected chi connectivity index (χ0v) is 13.7. The Labute approximate surface area is 136 Å². The van der Waals surface area contributed by atoms with Gasteiger partial charge in [0.15, 0.2) is 0 Å². The Hall–Kier alpha value is -2.54. The molecule has 3 rings (SSSR count). The monoisotopic (exact) mass is 328 g/mol. The molecular weight excluding hydrogens is 312 g/mol. The van der Waals surface area contributed by atoms with Crippen molar-refractivity contribution in [1.29, 1.82) is 0 Å². The molecule has 0 aliphatic heterocycles. The van der Waals surface area contributed by atoms with Crippen LogP contribution in [-0.2, 0) is 6.42 Å². The number of aromatic nitrogens is 3. The van der Waals surface area contributed by atoms with Crippen LogP contribution in [0.25, 0.3) is 4.96 Å². The summed E-state index contributed by atoms with van der Waals surface area (Å²) in [5.74, 6) is -0.328. The van der Waals surface area contributed by atoms with Crippen molar-refractivity contribution in [2.45, 2.75) is 26.7 Å². The highest BCUT2D eigenvalue weighted by Crippen LogP contribution is 2.14. The topological polar surface area (TPSA) is 76.4 Å². The zero-order valence-electron chi connectivity index (χ0n) is 12.9. The first kappa shape index (κ1) is 15.4. The van der Waals surface area contributed by atoms with Gasteiger partial charge in [0.1, 0.15) is 10.7 Å². The molecule has 0 bridgehead atoms. The molecule has 0 spiro atoms. The van der Waals surface area contributed by atoms with Gasteiger partial charge < -0.3 is 5.32 Å². The minimum absolute atomic E-state index is 0.129. The van der Waals surface area contributed by atoms with Gasteiger partial charge in [0.2, 0.25) is 4.96 Å². The van der Waals surface area contributed by atoms with E-state index in [-0.39, 0.29) is 17.2 Å². The van der Waals surface area contributed by atoms with Crippen molar-refractivity contribution >= 4 is 27.9 Å². The molecule has 0 fully saturated rings. The number of hydrogen-bond acceptors (Lipinski definition) is 5. The van der Waals surface area contributed by atoms with Gasteiger partial charge in [-0.25, -0.2) is 4.98 Å². The van der Waals surface area contributed by atoms with Crippen LogP contribution in [0.2, 0.25) is 0 Å². The number of nitrogens with one attached hydrogen (secondary N) is 1. The maximum atomic E-state index is 12.5. The summed E-state index contributed by atoms with van der Waals surface area (Å²) >= 11 is 1.39. The molecule has 1 aromatic carbocycles. The van der Waals surface area contributed by atoms with Crippen LogP contribution in [0.3, 0.4) is 0 Å². The van der Waals surface area contributed by atoms with Gasteiger partial charge in [0, 0.05) is 12.0 Å². The van der Waals surface area contributed by atoms with Crippen LogP contribution in [0.4, 0.5) is 5.69 Å². The van der Waals surface area contributed by atoms with Crippen molar-refractivity contribution in [3.63, 3.8) is 0 Å². The van der Waals surface area contributed by atoms with Crippen LogP contribution in [0.15, 0.2) is 35.3 Å². The fourth-order valence-electron chi connectivity index (χ4n) is 2.24. The molecule has 0 saturated carbocycles. The lowest BCUT2D eigenvalue weighted by Crippen LogP contribution is -2.23. The number of aryl methyl sites for hydroxylation is 2. The molecule has 118 valence electrons. The second-order valence-corrected chi connectivity index (χ2v) is 6.23. The van der Waals surface area contributed by atoms with Gasteiger partial charge in [0.25, 0.3) is 11.5 Å². The van der Waals surface area contributed by atoms with Crippen molar-refractivity contribution in [2.75, 3.05) is 5.32 Å². The number of nitrogens with zero attached hydrogens (tertiary/aromatic N) is 3. The summed E-state index contributed by atoms with van der Waals surface area (Å²) in [5.41, 5.74) is 1.14. The molecule has 0 saturated heterocycles. The van der Waals surface area contributed by atoms with Crippen LogP contribution < -0.4 is 10.9 Å². The van der Waals surface area contributed by atoms with E-state index in [4.69, 9.17) is 0 Å². The number of amides is 1. The Bertz CT molecular complexity index is 929. The molecule has 7 heteroatoms. The van der Waals surface area contributed by atoms with Crippen LogP contribution in [0.5, 0.6) is 0 Å². The van der Waals surface area contributed by atoms with E-state index in [1.807, 2.05) is 19.1 Å². The summed E-state index contributed by atoms with van der Waals surface area (Å²) in [4.78, 5) is 29.5. The van der Waals surface area contributed by atoms with E-state index in [2.05, 4.69) is 22.3 Å². The average Bonchev–Trinajstić information content (AvgIpc) is 2.94. The van der Waals surface area contributed by atoms with Gasteiger partial charge in [-0.05, 0) is 25.0 Å². The molecule has 1 amide bonds. The number of fused-ring (bicyclic) bond motifs is 1. The molecule has 0 unspecified atom stereocenters. The molecule has 0 aliphatic rings. The second-order valence-electron chi connectivity index (χ2n) is 5.19. The fraction of sp³-hybridized carbons (Fsp3) is 0.250. The first-order valence-electron chi connectivity index (χ1n) is 7.35. The highest BCUT2D eigenvalue weighted by Gasteiger charge is 2.14. The maximum Gasteiger partial charge on any atom is 0.298 e. The Morgan fingerprint density at radius 2 is 2.13 bits per heavy atom. The van der Waals surface area contributed by atoms with Gasteiger partial charge in [-0.2, -0.15) is 9.61 Å². The SMILES string of the molecule is CCCc1nn2c(=O)c(NC(=O)c3ccccc3C)cnc2s1. The third-order valence-corrected chi connectivity index (χ3v) is 4.41. The van der Waals surface area contributed by atoms with E-state index in [9.17, 15) is 9.59 Å². The van der Waals surface area contributed by atoms with E-state index in [1.54, 1.807) is 12.1 Å². The second kappa shape index (κ2) is 6.29. The number of hydrogen-bond donors (Lipinski definition) is 1. The Kier molecular flexibility index (Phi) is 4.20. The molecule has 0 atom stereocenters. The van der Waals surface area contributed by atoms with Crippen LogP contribution >= 0.6 is 11.3 Å². The van der Waals surface area contributed by atoms with Crippen molar-refractivity contribution in [2.24, 2.45) is 0 Å². The van der Waals surface area contributed by atoms with E-state index in [1.165, 1.54) is 22.0 Å². The standard InChI is InChI=1S/C16H16N4O2S/c1-3-6-13-19-20-15(22)12(9-17-16(20)23-13)18-14(21)11-8-5-4-7-10(11)2/h4-5,7-9H,3,6H2,1-2H3,(H,18,21). The summed E-state index contributed by atoms with van der Waals surface area (Å²) in [6.45, 7) is 3.90. The Balaban J connectivity index is 1.94. The fourth-order valence-corrected chi connectivity index (χ4v) is 3.20. The largest absolute Gasteiger partial charge is 0.316 e. The highest BCUT2D eigenvalue weighted by molar-refractivity contribution is 7.16. The van der Waals surface area contributed by atoms with Gasteiger partial charge >= 0.3 is 0 Å². The zero-order chi connectivity index (χ0) is 16.4. The van der Waals surface area contributed by atoms with Crippen molar-refractivity contribution < 1.29 is 4.79 Å². The lowest BCUT2D eigenvalue weighted by Gasteiger charge is -2.06. The van der Waals surface area contributed by atoms with Crippen LogP contribution in [0.1, 0.15) is 34.3 Å². The highest BCUT2D eigenvalue weighted by atomic mass is 32.1. The average molecular weight is 328 g/mol. The van der Waals surface area contributed by atoms with Gasteiger partial charge in [-0.3, -0.25) is 9.59 Å². The number of carbonyl (C=O) groups is 1. The Morgan fingerprint density at radius 1 is 1.35 bits per heavy atom. The van der Waals surface area contributed by atoms with Crippen molar-refractivity contribution in [3.8, 4) is 0 Å². The number of rotatable bonds is 4. The summed E-state index contributed by atoms with van der Waals surface area (Å²) in [6.07, 6.45) is 3.14. The van der Waals surface area contributed by atoms with Gasteiger partial charge in [-0.15, -0.1) is 0 Å². The summed E-state index contributed by atoms with van der Waals surface area (Å²) in [6, 6.07) is 7.21. The first-order chi connectivity index (χ1) is 11.1. The van der Waals surface area contributed by atoms with Crippen molar-refractivity contribution in [1.82, 2.24) is 14.6 Å². The first-order valence-corrected chi connectivity index (χ1v) is 8.16. The normalized spacial score (nSPS) is 10.9. The lowest BCUT2D eigenvalue weighted by molar-refractivity contribution is 0.102. The van der Waals surface area contributed by atoms with Crippen LogP contribution in [-0.4, -0.2) is 20.5 Å². The minimum atomic E-state index is -0.365. The number of benzene rings is 1. The predicted molar refractivity (Wildman–Crippen MR) is 90.3 cm³/mol. The van der Waals surface area contributed by atoms with Crippen LogP contribution in [0, 0.1) is 6.92 Å². The molecule has 6 nitrogen and oxygen atoms in total. The molecule has 3 aromatic rings. The number of carbonyl (C=O) groups excluding carboxylic acids is 1. The van der Waals surface area contributed by atoms with Crippen molar-refractivity contribution in [3.05, 3.63) is 57.0 Å². The Morgan fingerprint density at radius 3 is 2.87 bits per heavy atom. The molecule has 2 heterocycles. The maximum absolute atomic E-state index is 12.5. The molecule has 0 aliphatic carbocycles. The molecular formula is C16H16N4O2S. The molecule has 2 aromatic heterocycles. The molecule has 1 N–H and O–H groups in total. The van der Waals surface area contributed by atoms with E-state index < -0.39 is 0 Å². The summed E-state index contributed by atoms with van der Waals surface area (Å²) in [5, 5.41) is 7.76. The van der Waals surface area contributed by atoms with Gasteiger partial charge in [0.05, 0.1) is 6.20 Å². The molecule has 0 radical (unpaired) electrons.